The number of amides is 2. The van der Waals surface area contributed by atoms with Gasteiger partial charge in [0.1, 0.15) is 5.60 Å². The minimum absolute atomic E-state index is 0.00433. The van der Waals surface area contributed by atoms with E-state index < -0.39 is 5.60 Å². The average molecular weight is 529 g/mol. The van der Waals surface area contributed by atoms with Crippen LogP contribution in [0, 0.1) is 6.92 Å². The highest BCUT2D eigenvalue weighted by atomic mass is 35.5. The largest absolute Gasteiger partial charge is 0.444 e. The maximum Gasteiger partial charge on any atom is 0.410 e. The number of piperidine rings is 1. The smallest absolute Gasteiger partial charge is 0.410 e. The molecule has 2 heterocycles. The van der Waals surface area contributed by atoms with Crippen LogP contribution in [0.5, 0.6) is 0 Å². The first-order valence-corrected chi connectivity index (χ1v) is 12.7. The summed E-state index contributed by atoms with van der Waals surface area (Å²) in [5, 5.41) is 8.71. The molecule has 7 nitrogen and oxygen atoms in total. The summed E-state index contributed by atoms with van der Waals surface area (Å²) in [7, 11) is 0. The number of anilines is 1. The lowest BCUT2D eigenvalue weighted by Crippen LogP contribution is -2.41. The van der Waals surface area contributed by atoms with Gasteiger partial charge in [-0.1, -0.05) is 35.3 Å². The monoisotopic (exact) mass is 528 g/mol. The number of likely N-dealkylation sites (tertiary alicyclic amines) is 1. The van der Waals surface area contributed by atoms with E-state index in [1.165, 1.54) is 0 Å². The number of benzene rings is 2. The van der Waals surface area contributed by atoms with E-state index in [2.05, 4.69) is 10.4 Å². The van der Waals surface area contributed by atoms with Crippen LogP contribution < -0.4 is 5.32 Å². The van der Waals surface area contributed by atoms with Gasteiger partial charge >= 0.3 is 6.09 Å². The number of carbonyl (C=O) groups is 2. The van der Waals surface area contributed by atoms with Crippen molar-refractivity contribution in [2.24, 2.45) is 0 Å². The van der Waals surface area contributed by atoms with Gasteiger partial charge in [-0.15, -0.1) is 0 Å². The molecular formula is C27H30Cl2N4O3. The number of rotatable bonds is 4. The van der Waals surface area contributed by atoms with E-state index in [1.54, 1.807) is 35.4 Å². The first-order chi connectivity index (χ1) is 17.0. The summed E-state index contributed by atoms with van der Waals surface area (Å²) < 4.78 is 7.35. The van der Waals surface area contributed by atoms with Gasteiger partial charge < -0.3 is 15.0 Å². The number of hydrogen-bond donors (Lipinski definition) is 1. The molecule has 0 spiro atoms. The molecule has 0 unspecified atom stereocenters. The number of ether oxygens (including phenoxy) is 1. The fourth-order valence-electron chi connectivity index (χ4n) is 4.37. The van der Waals surface area contributed by atoms with E-state index in [1.807, 2.05) is 50.6 Å². The Morgan fingerprint density at radius 2 is 1.78 bits per heavy atom. The summed E-state index contributed by atoms with van der Waals surface area (Å²) in [6.45, 7) is 8.54. The lowest BCUT2D eigenvalue weighted by molar-refractivity contribution is 0.0203. The minimum Gasteiger partial charge on any atom is -0.444 e. The standard InChI is InChI=1S/C27H30Cl2N4O3/c1-17-22(29)9-6-10-23(17)33-24(18-11-13-32(14-12-18)26(35)36-27(2,3)4)21(16-30-33)25(34)31-20-8-5-7-19(28)15-20/h5-10,15-16,18H,11-14H2,1-4H3,(H,31,34). The van der Waals surface area contributed by atoms with E-state index in [0.717, 1.165) is 16.9 Å². The molecular weight excluding hydrogens is 499 g/mol. The van der Waals surface area contributed by atoms with Gasteiger partial charge in [0.25, 0.3) is 5.91 Å². The summed E-state index contributed by atoms with van der Waals surface area (Å²) in [5.41, 5.74) is 3.01. The Morgan fingerprint density at radius 1 is 1.08 bits per heavy atom. The fraction of sp³-hybridized carbons (Fsp3) is 0.370. The second-order valence-electron chi connectivity index (χ2n) is 9.95. The quantitative estimate of drug-likeness (QED) is 0.401. The zero-order valence-corrected chi connectivity index (χ0v) is 22.4. The van der Waals surface area contributed by atoms with Crippen molar-refractivity contribution in [3.63, 3.8) is 0 Å². The average Bonchev–Trinajstić information content (AvgIpc) is 3.25. The van der Waals surface area contributed by atoms with Crippen LogP contribution in [0.1, 0.15) is 61.1 Å². The number of halogens is 2. The molecule has 2 aromatic carbocycles. The molecule has 0 saturated carbocycles. The summed E-state index contributed by atoms with van der Waals surface area (Å²) in [6, 6.07) is 12.7. The van der Waals surface area contributed by atoms with Gasteiger partial charge in [0, 0.05) is 34.7 Å². The predicted molar refractivity (Wildman–Crippen MR) is 142 cm³/mol. The molecule has 0 atom stereocenters. The maximum atomic E-state index is 13.4. The van der Waals surface area contributed by atoms with E-state index in [0.29, 0.717) is 47.2 Å². The van der Waals surface area contributed by atoms with Crippen molar-refractivity contribution in [1.29, 1.82) is 0 Å². The molecule has 1 aliphatic rings. The molecule has 2 amide bonds. The SMILES string of the molecule is Cc1c(Cl)cccc1-n1ncc(C(=O)Nc2cccc(Cl)c2)c1C1CCN(C(=O)OC(C)(C)C)CC1. The van der Waals surface area contributed by atoms with E-state index >= 15 is 0 Å². The predicted octanol–water partition coefficient (Wildman–Crippen LogP) is 6.85. The zero-order valence-electron chi connectivity index (χ0n) is 20.8. The second kappa shape index (κ2) is 10.5. The van der Waals surface area contributed by atoms with Crippen molar-refractivity contribution in [1.82, 2.24) is 14.7 Å². The first-order valence-electron chi connectivity index (χ1n) is 11.9. The normalized spacial score (nSPS) is 14.6. The lowest BCUT2D eigenvalue weighted by Gasteiger charge is -2.34. The number of nitrogens with zero attached hydrogens (tertiary/aromatic N) is 3. The Kier molecular flexibility index (Phi) is 7.62. The lowest BCUT2D eigenvalue weighted by atomic mass is 9.90. The molecule has 190 valence electrons. The Bertz CT molecular complexity index is 1270. The van der Waals surface area contributed by atoms with E-state index in [4.69, 9.17) is 27.9 Å². The van der Waals surface area contributed by atoms with Gasteiger partial charge in [-0.2, -0.15) is 5.10 Å². The Hall–Kier alpha value is -3.03. The van der Waals surface area contributed by atoms with Gasteiger partial charge in [-0.05, 0) is 76.4 Å². The van der Waals surface area contributed by atoms with Crippen molar-refractivity contribution in [3.8, 4) is 5.69 Å². The van der Waals surface area contributed by atoms with E-state index in [9.17, 15) is 9.59 Å². The number of carbonyl (C=O) groups excluding carboxylic acids is 2. The third-order valence-corrected chi connectivity index (χ3v) is 6.78. The van der Waals surface area contributed by atoms with Gasteiger partial charge in [0.15, 0.2) is 0 Å². The topological polar surface area (TPSA) is 76.5 Å². The molecule has 36 heavy (non-hydrogen) atoms. The highest BCUT2D eigenvalue weighted by molar-refractivity contribution is 6.31. The highest BCUT2D eigenvalue weighted by Gasteiger charge is 2.32. The first kappa shape index (κ1) is 26.0. The molecule has 0 bridgehead atoms. The van der Waals surface area contributed by atoms with Crippen LogP contribution in [0.3, 0.4) is 0 Å². The number of nitrogens with one attached hydrogen (secondary N) is 1. The third-order valence-electron chi connectivity index (χ3n) is 6.13. The van der Waals surface area contributed by atoms with Crippen LogP contribution in [0.4, 0.5) is 10.5 Å². The molecule has 3 aromatic rings. The molecule has 1 saturated heterocycles. The van der Waals surface area contributed by atoms with Crippen LogP contribution in [-0.2, 0) is 4.74 Å². The fourth-order valence-corrected chi connectivity index (χ4v) is 4.73. The maximum absolute atomic E-state index is 13.4. The van der Waals surface area contributed by atoms with Crippen molar-refractivity contribution < 1.29 is 14.3 Å². The number of aromatic nitrogens is 2. The summed E-state index contributed by atoms with van der Waals surface area (Å²) in [6.07, 6.45) is 2.61. The van der Waals surface area contributed by atoms with Gasteiger partial charge in [-0.25, -0.2) is 9.48 Å². The van der Waals surface area contributed by atoms with Crippen LogP contribution >= 0.6 is 23.2 Å². The molecule has 1 aromatic heterocycles. The molecule has 1 N–H and O–H groups in total. The van der Waals surface area contributed by atoms with Gasteiger partial charge in [-0.3, -0.25) is 4.79 Å². The second-order valence-corrected chi connectivity index (χ2v) is 10.8. The minimum atomic E-state index is -0.553. The van der Waals surface area contributed by atoms with Crippen molar-refractivity contribution in [2.75, 3.05) is 18.4 Å². The summed E-state index contributed by atoms with van der Waals surface area (Å²) >= 11 is 12.5. The Morgan fingerprint density at radius 3 is 2.44 bits per heavy atom. The molecule has 0 radical (unpaired) electrons. The Balaban J connectivity index is 1.65. The zero-order chi connectivity index (χ0) is 26.0. The van der Waals surface area contributed by atoms with Crippen molar-refractivity contribution >= 4 is 40.9 Å². The molecule has 1 aliphatic heterocycles. The van der Waals surface area contributed by atoms with E-state index in [-0.39, 0.29) is 17.9 Å². The molecule has 1 fully saturated rings. The number of hydrogen-bond acceptors (Lipinski definition) is 4. The summed E-state index contributed by atoms with van der Waals surface area (Å²) in [5.74, 6) is -0.266. The van der Waals surface area contributed by atoms with Gasteiger partial charge in [0.05, 0.1) is 23.1 Å². The molecule has 4 rings (SSSR count). The van der Waals surface area contributed by atoms with Crippen molar-refractivity contribution in [2.45, 2.75) is 52.1 Å². The molecule has 9 heteroatoms. The van der Waals surface area contributed by atoms with Crippen LogP contribution in [0.15, 0.2) is 48.7 Å². The van der Waals surface area contributed by atoms with Gasteiger partial charge in [0.2, 0.25) is 0 Å². The van der Waals surface area contributed by atoms with Crippen molar-refractivity contribution in [3.05, 3.63) is 75.5 Å². The summed E-state index contributed by atoms with van der Waals surface area (Å²) in [4.78, 5) is 27.7. The van der Waals surface area contributed by atoms with Crippen LogP contribution in [-0.4, -0.2) is 45.4 Å². The Labute approximate surface area is 221 Å². The molecule has 0 aliphatic carbocycles. The highest BCUT2D eigenvalue weighted by Crippen LogP contribution is 2.34. The van der Waals surface area contributed by atoms with Crippen LogP contribution in [0.25, 0.3) is 5.69 Å². The van der Waals surface area contributed by atoms with Crippen LogP contribution in [0.2, 0.25) is 10.0 Å². The third kappa shape index (κ3) is 5.85.